The summed E-state index contributed by atoms with van der Waals surface area (Å²) >= 11 is 5.99. The molecule has 0 aliphatic heterocycles. The van der Waals surface area contributed by atoms with Crippen LogP contribution in [0.15, 0.2) is 48.7 Å². The highest BCUT2D eigenvalue weighted by atomic mass is 35.5. The minimum atomic E-state index is -0.343. The Bertz CT molecular complexity index is 861. The zero-order chi connectivity index (χ0) is 16.9. The summed E-state index contributed by atoms with van der Waals surface area (Å²) in [4.78, 5) is 4.28. The normalized spacial score (nSPS) is 10.3. The number of rotatable bonds is 5. The lowest BCUT2D eigenvalue weighted by atomic mass is 10.3. The Kier molecular flexibility index (Phi) is 4.72. The molecule has 0 unspecified atom stereocenters. The van der Waals surface area contributed by atoms with E-state index in [1.807, 2.05) is 0 Å². The first-order chi connectivity index (χ1) is 11.6. The Morgan fingerprint density at radius 1 is 1.12 bits per heavy atom. The van der Waals surface area contributed by atoms with E-state index in [0.717, 1.165) is 0 Å². The van der Waals surface area contributed by atoms with Gasteiger partial charge in [-0.1, -0.05) is 17.7 Å². The Morgan fingerprint density at radius 2 is 2.00 bits per heavy atom. The second-order valence-electron chi connectivity index (χ2n) is 4.77. The van der Waals surface area contributed by atoms with Gasteiger partial charge in [-0.05, 0) is 36.4 Å². The number of methoxy groups -OCH3 is 1. The van der Waals surface area contributed by atoms with Crippen molar-refractivity contribution in [3.05, 3.63) is 59.5 Å². The van der Waals surface area contributed by atoms with E-state index in [2.05, 4.69) is 25.8 Å². The first kappa shape index (κ1) is 15.9. The van der Waals surface area contributed by atoms with Crippen molar-refractivity contribution in [1.29, 1.82) is 0 Å². The van der Waals surface area contributed by atoms with Crippen molar-refractivity contribution in [2.75, 3.05) is 17.7 Å². The molecule has 122 valence electrons. The Morgan fingerprint density at radius 3 is 2.79 bits per heavy atom. The number of nitrogens with zero attached hydrogens (tertiary/aromatic N) is 3. The van der Waals surface area contributed by atoms with Crippen LogP contribution in [0.3, 0.4) is 0 Å². The third kappa shape index (κ3) is 3.88. The number of ether oxygens (including phenoxy) is 1. The second kappa shape index (κ2) is 7.10. The molecule has 1 heterocycles. The summed E-state index contributed by atoms with van der Waals surface area (Å²) in [6.07, 6.45) is 1.44. The fourth-order valence-electron chi connectivity index (χ4n) is 2.03. The van der Waals surface area contributed by atoms with Crippen LogP contribution in [0.5, 0.6) is 5.75 Å². The standard InChI is InChI=1S/C16H13ClFN5O/c1-24-14-6-5-10(17)7-13(14)21-16-22-15(9-19-23-16)20-12-4-2-3-11(18)8-12/h2-9H,1H3,(H2,20,21,22,23). The van der Waals surface area contributed by atoms with E-state index in [0.29, 0.717) is 28.0 Å². The van der Waals surface area contributed by atoms with Gasteiger partial charge in [-0.15, -0.1) is 5.10 Å². The van der Waals surface area contributed by atoms with Gasteiger partial charge in [-0.3, -0.25) is 0 Å². The average Bonchev–Trinajstić information content (AvgIpc) is 2.55. The molecule has 0 fully saturated rings. The van der Waals surface area contributed by atoms with Crippen LogP contribution in [0.2, 0.25) is 5.02 Å². The van der Waals surface area contributed by atoms with Crippen LogP contribution in [0.1, 0.15) is 0 Å². The van der Waals surface area contributed by atoms with Crippen molar-refractivity contribution < 1.29 is 9.13 Å². The molecule has 0 saturated carbocycles. The van der Waals surface area contributed by atoms with Crippen molar-refractivity contribution in [3.63, 3.8) is 0 Å². The Hall–Kier alpha value is -2.93. The molecule has 2 N–H and O–H groups in total. The molecule has 0 atom stereocenters. The highest BCUT2D eigenvalue weighted by molar-refractivity contribution is 6.31. The van der Waals surface area contributed by atoms with Crippen LogP contribution in [0.4, 0.5) is 27.5 Å². The lowest BCUT2D eigenvalue weighted by molar-refractivity contribution is 0.417. The molecule has 0 aliphatic carbocycles. The summed E-state index contributed by atoms with van der Waals surface area (Å²) in [5, 5.41) is 14.3. The average molecular weight is 346 g/mol. The summed E-state index contributed by atoms with van der Waals surface area (Å²) in [5.41, 5.74) is 1.16. The molecule has 24 heavy (non-hydrogen) atoms. The number of benzene rings is 2. The first-order valence-corrected chi connectivity index (χ1v) is 7.35. The predicted octanol–water partition coefficient (Wildman–Crippen LogP) is 4.16. The molecular formula is C16H13ClFN5O. The van der Waals surface area contributed by atoms with Gasteiger partial charge in [-0.2, -0.15) is 10.1 Å². The number of hydrogen-bond acceptors (Lipinski definition) is 6. The summed E-state index contributed by atoms with van der Waals surface area (Å²) in [6.45, 7) is 0. The third-order valence-corrected chi connectivity index (χ3v) is 3.30. The van der Waals surface area contributed by atoms with Gasteiger partial charge >= 0.3 is 0 Å². The molecule has 0 bridgehead atoms. The number of hydrogen-bond donors (Lipinski definition) is 2. The fourth-order valence-corrected chi connectivity index (χ4v) is 2.20. The quantitative estimate of drug-likeness (QED) is 0.723. The van der Waals surface area contributed by atoms with Crippen LogP contribution in [-0.4, -0.2) is 22.3 Å². The highest BCUT2D eigenvalue weighted by Crippen LogP contribution is 2.29. The van der Waals surface area contributed by atoms with Crippen LogP contribution in [0, 0.1) is 5.82 Å². The molecule has 3 rings (SSSR count). The fraction of sp³-hybridized carbons (Fsp3) is 0.0625. The van der Waals surface area contributed by atoms with E-state index in [1.54, 1.807) is 37.4 Å². The maximum absolute atomic E-state index is 13.2. The van der Waals surface area contributed by atoms with E-state index in [-0.39, 0.29) is 11.8 Å². The van der Waals surface area contributed by atoms with Gasteiger partial charge in [0.05, 0.1) is 19.0 Å². The van der Waals surface area contributed by atoms with Gasteiger partial charge in [0.2, 0.25) is 5.95 Å². The molecule has 0 radical (unpaired) electrons. The van der Waals surface area contributed by atoms with Crippen LogP contribution in [-0.2, 0) is 0 Å². The maximum atomic E-state index is 13.2. The van der Waals surface area contributed by atoms with Crippen molar-refractivity contribution >= 4 is 34.7 Å². The molecule has 3 aromatic rings. The lowest BCUT2D eigenvalue weighted by Crippen LogP contribution is -2.03. The molecule has 0 amide bonds. The molecule has 2 aromatic carbocycles. The minimum Gasteiger partial charge on any atom is -0.495 e. The lowest BCUT2D eigenvalue weighted by Gasteiger charge is -2.11. The summed E-state index contributed by atoms with van der Waals surface area (Å²) in [7, 11) is 1.55. The van der Waals surface area contributed by atoms with Gasteiger partial charge in [0, 0.05) is 10.7 Å². The van der Waals surface area contributed by atoms with Gasteiger partial charge < -0.3 is 15.4 Å². The van der Waals surface area contributed by atoms with Gasteiger partial charge in [-0.25, -0.2) is 4.39 Å². The zero-order valence-electron chi connectivity index (χ0n) is 12.6. The van der Waals surface area contributed by atoms with Crippen molar-refractivity contribution in [2.45, 2.75) is 0 Å². The molecule has 0 spiro atoms. The second-order valence-corrected chi connectivity index (χ2v) is 5.21. The first-order valence-electron chi connectivity index (χ1n) is 6.97. The van der Waals surface area contributed by atoms with E-state index in [4.69, 9.17) is 16.3 Å². The smallest absolute Gasteiger partial charge is 0.249 e. The van der Waals surface area contributed by atoms with Crippen molar-refractivity contribution in [2.24, 2.45) is 0 Å². The summed E-state index contributed by atoms with van der Waals surface area (Å²) in [5.74, 6) is 0.909. The van der Waals surface area contributed by atoms with Crippen LogP contribution >= 0.6 is 11.6 Å². The Balaban J connectivity index is 1.82. The number of aromatic nitrogens is 3. The van der Waals surface area contributed by atoms with Gasteiger partial charge in [0.1, 0.15) is 11.6 Å². The van der Waals surface area contributed by atoms with Crippen molar-refractivity contribution in [1.82, 2.24) is 15.2 Å². The molecule has 6 nitrogen and oxygen atoms in total. The molecule has 0 saturated heterocycles. The Labute approximate surface area is 142 Å². The van der Waals surface area contributed by atoms with Gasteiger partial charge in [0.25, 0.3) is 0 Å². The molecule has 1 aromatic heterocycles. The summed E-state index contributed by atoms with van der Waals surface area (Å²) in [6, 6.07) is 11.2. The van der Waals surface area contributed by atoms with E-state index in [1.165, 1.54) is 18.3 Å². The zero-order valence-corrected chi connectivity index (χ0v) is 13.4. The number of nitrogens with one attached hydrogen (secondary N) is 2. The molecular weight excluding hydrogens is 333 g/mol. The van der Waals surface area contributed by atoms with E-state index in [9.17, 15) is 4.39 Å². The van der Waals surface area contributed by atoms with Crippen LogP contribution in [0.25, 0.3) is 0 Å². The summed E-state index contributed by atoms with van der Waals surface area (Å²) < 4.78 is 18.5. The number of anilines is 4. The van der Waals surface area contributed by atoms with Crippen molar-refractivity contribution in [3.8, 4) is 5.75 Å². The maximum Gasteiger partial charge on any atom is 0.249 e. The van der Waals surface area contributed by atoms with Crippen LogP contribution < -0.4 is 15.4 Å². The largest absolute Gasteiger partial charge is 0.495 e. The highest BCUT2D eigenvalue weighted by Gasteiger charge is 2.07. The number of halogens is 2. The SMILES string of the molecule is COc1ccc(Cl)cc1Nc1nncc(Nc2cccc(F)c2)n1. The third-order valence-electron chi connectivity index (χ3n) is 3.06. The molecule has 8 heteroatoms. The van der Waals surface area contributed by atoms with E-state index < -0.39 is 0 Å². The monoisotopic (exact) mass is 345 g/mol. The predicted molar refractivity (Wildman–Crippen MR) is 90.8 cm³/mol. The minimum absolute atomic E-state index is 0.247. The molecule has 0 aliphatic rings. The van der Waals surface area contributed by atoms with Gasteiger partial charge in [0.15, 0.2) is 5.82 Å². The van der Waals surface area contributed by atoms with E-state index >= 15 is 0 Å². The topological polar surface area (TPSA) is 72.0 Å².